The number of benzene rings is 2. The third-order valence-electron chi connectivity index (χ3n) is 4.06. The van der Waals surface area contributed by atoms with Crippen molar-refractivity contribution in [3.63, 3.8) is 0 Å². The Morgan fingerprint density at radius 1 is 1.11 bits per heavy atom. The lowest BCUT2D eigenvalue weighted by molar-refractivity contribution is -0.151. The van der Waals surface area contributed by atoms with Gasteiger partial charge < -0.3 is 15.4 Å². The Labute approximate surface area is 167 Å². The van der Waals surface area contributed by atoms with Crippen LogP contribution in [0.4, 0.5) is 0 Å². The fourth-order valence-electron chi connectivity index (χ4n) is 2.89. The SMILES string of the molecule is CCOC(=O)C(=O)C1=C(c2ccccc2)NC(=S)N[C@H]1c1ccccc1Cl. The van der Waals surface area contributed by atoms with Crippen molar-refractivity contribution in [1.29, 1.82) is 0 Å². The van der Waals surface area contributed by atoms with Gasteiger partial charge in [0, 0.05) is 5.02 Å². The van der Waals surface area contributed by atoms with Gasteiger partial charge in [-0.05, 0) is 36.3 Å². The van der Waals surface area contributed by atoms with Crippen molar-refractivity contribution in [2.75, 3.05) is 6.61 Å². The molecule has 0 spiro atoms. The van der Waals surface area contributed by atoms with Crippen LogP contribution in [0.2, 0.25) is 5.02 Å². The predicted molar refractivity (Wildman–Crippen MR) is 108 cm³/mol. The van der Waals surface area contributed by atoms with Crippen molar-refractivity contribution < 1.29 is 14.3 Å². The molecular formula is C20H17ClN2O3S. The highest BCUT2D eigenvalue weighted by Gasteiger charge is 2.36. The lowest BCUT2D eigenvalue weighted by Gasteiger charge is -2.31. The Balaban J connectivity index is 2.22. The quantitative estimate of drug-likeness (QED) is 0.455. The van der Waals surface area contributed by atoms with E-state index in [1.807, 2.05) is 36.4 Å². The number of esters is 1. The number of halogens is 1. The van der Waals surface area contributed by atoms with Crippen LogP contribution in [0.5, 0.6) is 0 Å². The maximum absolute atomic E-state index is 13.0. The molecule has 3 rings (SSSR count). The van der Waals surface area contributed by atoms with Crippen LogP contribution in [0.25, 0.3) is 5.70 Å². The van der Waals surface area contributed by atoms with Crippen molar-refractivity contribution >= 4 is 46.4 Å². The molecule has 7 heteroatoms. The molecule has 1 heterocycles. The van der Waals surface area contributed by atoms with Crippen LogP contribution >= 0.6 is 23.8 Å². The summed E-state index contributed by atoms with van der Waals surface area (Å²) < 4.78 is 4.94. The number of nitrogens with one attached hydrogen (secondary N) is 2. The molecule has 0 bridgehead atoms. The highest BCUT2D eigenvalue weighted by molar-refractivity contribution is 7.80. The Kier molecular flexibility index (Phi) is 5.88. The molecular weight excluding hydrogens is 384 g/mol. The Bertz CT molecular complexity index is 928. The smallest absolute Gasteiger partial charge is 0.379 e. The van der Waals surface area contributed by atoms with Gasteiger partial charge in [0.15, 0.2) is 5.11 Å². The number of carbonyl (C=O) groups excluding carboxylic acids is 2. The topological polar surface area (TPSA) is 67.4 Å². The average Bonchev–Trinajstić information content (AvgIpc) is 2.68. The molecule has 1 aliphatic heterocycles. The summed E-state index contributed by atoms with van der Waals surface area (Å²) in [4.78, 5) is 25.2. The van der Waals surface area contributed by atoms with Crippen molar-refractivity contribution in [3.05, 3.63) is 76.3 Å². The molecule has 138 valence electrons. The average molecular weight is 401 g/mol. The van der Waals surface area contributed by atoms with E-state index in [-0.39, 0.29) is 12.2 Å². The minimum atomic E-state index is -0.922. The largest absolute Gasteiger partial charge is 0.460 e. The van der Waals surface area contributed by atoms with Gasteiger partial charge in [-0.2, -0.15) is 0 Å². The van der Waals surface area contributed by atoms with Crippen LogP contribution in [0.3, 0.4) is 0 Å². The lowest BCUT2D eigenvalue weighted by atomic mass is 9.90. The second-order valence-corrected chi connectivity index (χ2v) is 6.57. The van der Waals surface area contributed by atoms with Gasteiger partial charge in [-0.15, -0.1) is 0 Å². The van der Waals surface area contributed by atoms with E-state index in [4.69, 9.17) is 28.6 Å². The molecule has 2 N–H and O–H groups in total. The molecule has 5 nitrogen and oxygen atoms in total. The van der Waals surface area contributed by atoms with Gasteiger partial charge in [0.1, 0.15) is 0 Å². The van der Waals surface area contributed by atoms with Crippen LogP contribution in [0.15, 0.2) is 60.2 Å². The van der Waals surface area contributed by atoms with E-state index in [0.29, 0.717) is 21.4 Å². The monoisotopic (exact) mass is 400 g/mol. The molecule has 27 heavy (non-hydrogen) atoms. The normalized spacial score (nSPS) is 16.4. The molecule has 0 aromatic heterocycles. The first-order chi connectivity index (χ1) is 13.0. The number of carbonyl (C=O) groups is 2. The zero-order valence-corrected chi connectivity index (χ0v) is 16.1. The first kappa shape index (κ1) is 19.1. The van der Waals surface area contributed by atoms with Gasteiger partial charge in [-0.1, -0.05) is 60.1 Å². The number of Topliss-reactive ketones (excluding diaryl/α,β-unsaturated/α-hetero) is 1. The maximum atomic E-state index is 13.0. The summed E-state index contributed by atoms with van der Waals surface area (Å²) in [5, 5.41) is 6.85. The summed E-state index contributed by atoms with van der Waals surface area (Å²) in [6.07, 6.45) is 0. The van der Waals surface area contributed by atoms with E-state index < -0.39 is 17.8 Å². The van der Waals surface area contributed by atoms with Gasteiger partial charge in [0.2, 0.25) is 0 Å². The highest BCUT2D eigenvalue weighted by atomic mass is 35.5. The number of thiocarbonyl (C=S) groups is 1. The lowest BCUT2D eigenvalue weighted by Crippen LogP contribution is -2.46. The molecule has 0 saturated carbocycles. The number of rotatable bonds is 5. The Morgan fingerprint density at radius 3 is 2.44 bits per heavy atom. The number of ether oxygens (including phenoxy) is 1. The summed E-state index contributed by atoms with van der Waals surface area (Å²) in [6.45, 7) is 1.75. The van der Waals surface area contributed by atoms with Crippen molar-refractivity contribution in [3.8, 4) is 0 Å². The van der Waals surface area contributed by atoms with Crippen molar-refractivity contribution in [2.24, 2.45) is 0 Å². The van der Waals surface area contributed by atoms with Gasteiger partial charge in [0.25, 0.3) is 5.78 Å². The first-order valence-electron chi connectivity index (χ1n) is 8.36. The third kappa shape index (κ3) is 4.02. The minimum absolute atomic E-state index is 0.106. The Hall–Kier alpha value is -2.70. The van der Waals surface area contributed by atoms with Crippen LogP contribution in [-0.4, -0.2) is 23.5 Å². The predicted octanol–water partition coefficient (Wildman–Crippen LogP) is 3.40. The van der Waals surface area contributed by atoms with Crippen LogP contribution in [-0.2, 0) is 14.3 Å². The van der Waals surface area contributed by atoms with Gasteiger partial charge in [-0.25, -0.2) is 4.79 Å². The van der Waals surface area contributed by atoms with Gasteiger partial charge in [0.05, 0.1) is 23.9 Å². The standard InChI is InChI=1S/C20H17ClN2O3S/c1-2-26-19(25)18(24)15-16(12-8-4-3-5-9-12)22-20(27)23-17(15)13-10-6-7-11-14(13)21/h3-11,17H,2H2,1H3,(H2,22,23,27)/t17-/m0/s1. The summed E-state index contributed by atoms with van der Waals surface area (Å²) in [5.41, 5.74) is 2.04. The maximum Gasteiger partial charge on any atom is 0.379 e. The molecule has 0 unspecified atom stereocenters. The zero-order valence-electron chi connectivity index (χ0n) is 14.5. The van der Waals surface area contributed by atoms with E-state index in [2.05, 4.69) is 10.6 Å². The molecule has 0 fully saturated rings. The molecule has 2 aromatic rings. The minimum Gasteiger partial charge on any atom is -0.460 e. The molecule has 1 atom stereocenters. The van der Waals surface area contributed by atoms with E-state index in [1.165, 1.54) is 0 Å². The molecule has 2 aromatic carbocycles. The second kappa shape index (κ2) is 8.33. The fraction of sp³-hybridized carbons (Fsp3) is 0.150. The first-order valence-corrected chi connectivity index (χ1v) is 9.14. The Morgan fingerprint density at radius 2 is 1.78 bits per heavy atom. The summed E-state index contributed by atoms with van der Waals surface area (Å²) in [5.74, 6) is -1.67. The van der Waals surface area contributed by atoms with Crippen LogP contribution in [0, 0.1) is 0 Å². The van der Waals surface area contributed by atoms with Crippen LogP contribution in [0.1, 0.15) is 24.1 Å². The fourth-order valence-corrected chi connectivity index (χ4v) is 3.36. The van der Waals surface area contributed by atoms with E-state index in [0.717, 1.165) is 5.56 Å². The van der Waals surface area contributed by atoms with Gasteiger partial charge in [-0.3, -0.25) is 4.79 Å². The van der Waals surface area contributed by atoms with E-state index in [9.17, 15) is 9.59 Å². The second-order valence-electron chi connectivity index (χ2n) is 5.76. The molecule has 1 aliphatic rings. The third-order valence-corrected chi connectivity index (χ3v) is 4.62. The van der Waals surface area contributed by atoms with E-state index in [1.54, 1.807) is 25.1 Å². The zero-order chi connectivity index (χ0) is 19.4. The number of ketones is 1. The molecule has 0 saturated heterocycles. The summed E-state index contributed by atoms with van der Waals surface area (Å²) >= 11 is 11.7. The van der Waals surface area contributed by atoms with Crippen molar-refractivity contribution in [2.45, 2.75) is 13.0 Å². The molecule has 0 aliphatic carbocycles. The molecule has 0 amide bonds. The summed E-state index contributed by atoms with van der Waals surface area (Å²) in [7, 11) is 0. The summed E-state index contributed by atoms with van der Waals surface area (Å²) in [6, 6.07) is 15.6. The van der Waals surface area contributed by atoms with E-state index >= 15 is 0 Å². The molecule has 0 radical (unpaired) electrons. The number of hydrogen-bond donors (Lipinski definition) is 2. The van der Waals surface area contributed by atoms with Gasteiger partial charge >= 0.3 is 5.97 Å². The van der Waals surface area contributed by atoms with Crippen LogP contribution < -0.4 is 10.6 Å². The highest BCUT2D eigenvalue weighted by Crippen LogP contribution is 2.35. The number of hydrogen-bond acceptors (Lipinski definition) is 4. The van der Waals surface area contributed by atoms with Crippen molar-refractivity contribution in [1.82, 2.24) is 10.6 Å².